The quantitative estimate of drug-likeness (QED) is 0.875. The highest BCUT2D eigenvalue weighted by molar-refractivity contribution is 5.73. The van der Waals surface area contributed by atoms with Gasteiger partial charge in [-0.1, -0.05) is 24.9 Å². The van der Waals surface area contributed by atoms with Gasteiger partial charge < -0.3 is 9.63 Å². The van der Waals surface area contributed by atoms with Crippen molar-refractivity contribution >= 4 is 5.97 Å². The van der Waals surface area contributed by atoms with E-state index in [1.54, 1.807) is 0 Å². The molecule has 0 amide bonds. The highest BCUT2D eigenvalue weighted by Crippen LogP contribution is 2.19. The minimum Gasteiger partial charge on any atom is -0.480 e. The first-order valence-corrected chi connectivity index (χ1v) is 6.49. The lowest BCUT2D eigenvalue weighted by Crippen LogP contribution is -2.40. The minimum atomic E-state index is -0.757. The molecule has 0 radical (unpaired) electrons. The van der Waals surface area contributed by atoms with Crippen LogP contribution in [-0.4, -0.2) is 38.7 Å². The minimum absolute atomic E-state index is 0.426. The lowest BCUT2D eigenvalue weighted by molar-refractivity contribution is -0.143. The van der Waals surface area contributed by atoms with Crippen molar-refractivity contribution in [3.05, 3.63) is 11.7 Å². The van der Waals surface area contributed by atoms with Gasteiger partial charge in [-0.25, -0.2) is 0 Å². The number of aryl methyl sites for hydroxylation is 1. The highest BCUT2D eigenvalue weighted by atomic mass is 16.5. The van der Waals surface area contributed by atoms with Crippen molar-refractivity contribution in [3.63, 3.8) is 0 Å². The molecule has 1 atom stereocenters. The lowest BCUT2D eigenvalue weighted by atomic mass is 10.1. The zero-order valence-corrected chi connectivity index (χ0v) is 10.6. The summed E-state index contributed by atoms with van der Waals surface area (Å²) in [5.74, 6) is 0.429. The van der Waals surface area contributed by atoms with Gasteiger partial charge >= 0.3 is 5.97 Å². The van der Waals surface area contributed by atoms with E-state index < -0.39 is 12.0 Å². The summed E-state index contributed by atoms with van der Waals surface area (Å²) in [6.07, 6.45) is 4.51. The number of likely N-dealkylation sites (tertiary alicyclic amines) is 1. The maximum atomic E-state index is 11.3. The van der Waals surface area contributed by atoms with Gasteiger partial charge in [-0.15, -0.1) is 0 Å². The van der Waals surface area contributed by atoms with Crippen molar-refractivity contribution in [1.82, 2.24) is 15.0 Å². The zero-order valence-electron chi connectivity index (χ0n) is 10.6. The van der Waals surface area contributed by atoms with Crippen LogP contribution in [0.1, 0.15) is 44.3 Å². The van der Waals surface area contributed by atoms with Crippen LogP contribution in [0.4, 0.5) is 0 Å². The molecule has 1 fully saturated rings. The summed E-state index contributed by atoms with van der Waals surface area (Å²) in [7, 11) is 0. The third kappa shape index (κ3) is 3.07. The zero-order chi connectivity index (χ0) is 13.0. The molecule has 0 bridgehead atoms. The van der Waals surface area contributed by atoms with E-state index in [0.29, 0.717) is 24.7 Å². The summed E-state index contributed by atoms with van der Waals surface area (Å²) in [5.41, 5.74) is 0. The maximum absolute atomic E-state index is 11.3. The smallest absolute Gasteiger partial charge is 0.320 e. The standard InChI is InChI=1S/C12H19N3O3/c1-2-10-13-11(18-14-10)8-15-7-5-3-4-6-9(15)12(16)17/h9H,2-8H2,1H3,(H,16,17). The van der Waals surface area contributed by atoms with Crippen LogP contribution in [0, 0.1) is 0 Å². The fourth-order valence-corrected chi connectivity index (χ4v) is 2.31. The molecular weight excluding hydrogens is 234 g/mol. The average Bonchev–Trinajstić information content (AvgIpc) is 2.66. The average molecular weight is 253 g/mol. The van der Waals surface area contributed by atoms with Crippen molar-refractivity contribution in [2.45, 2.75) is 51.6 Å². The van der Waals surface area contributed by atoms with Gasteiger partial charge in [0.1, 0.15) is 6.04 Å². The Hall–Kier alpha value is -1.43. The number of carboxylic acids is 1. The van der Waals surface area contributed by atoms with Crippen molar-refractivity contribution < 1.29 is 14.4 Å². The van der Waals surface area contributed by atoms with Crippen molar-refractivity contribution in [2.75, 3.05) is 6.54 Å². The molecule has 1 saturated heterocycles. The van der Waals surface area contributed by atoms with E-state index in [1.807, 2.05) is 11.8 Å². The molecule has 0 aliphatic carbocycles. The number of hydrogen-bond donors (Lipinski definition) is 1. The molecule has 2 rings (SSSR count). The normalized spacial score (nSPS) is 21.7. The molecule has 1 N–H and O–H groups in total. The van der Waals surface area contributed by atoms with Crippen LogP contribution in [-0.2, 0) is 17.8 Å². The van der Waals surface area contributed by atoms with E-state index in [4.69, 9.17) is 4.52 Å². The molecule has 0 saturated carbocycles. The summed E-state index contributed by atoms with van der Waals surface area (Å²) < 4.78 is 5.13. The Morgan fingerprint density at radius 2 is 2.33 bits per heavy atom. The molecule has 100 valence electrons. The van der Waals surface area contributed by atoms with E-state index in [1.165, 1.54) is 0 Å². The Morgan fingerprint density at radius 1 is 1.50 bits per heavy atom. The second-order valence-corrected chi connectivity index (χ2v) is 4.63. The number of aliphatic carboxylic acids is 1. The van der Waals surface area contributed by atoms with E-state index >= 15 is 0 Å². The molecule has 1 aliphatic rings. The summed E-state index contributed by atoms with van der Waals surface area (Å²) in [6.45, 7) is 3.17. The molecule has 1 aliphatic heterocycles. The largest absolute Gasteiger partial charge is 0.480 e. The maximum Gasteiger partial charge on any atom is 0.320 e. The first kappa shape index (κ1) is 13.0. The van der Waals surface area contributed by atoms with Gasteiger partial charge in [0.2, 0.25) is 5.89 Å². The Bertz CT molecular complexity index is 405. The lowest BCUT2D eigenvalue weighted by Gasteiger charge is -2.24. The molecule has 18 heavy (non-hydrogen) atoms. The van der Waals surface area contributed by atoms with Gasteiger partial charge in [-0.05, 0) is 19.4 Å². The monoisotopic (exact) mass is 253 g/mol. The Kier molecular flexibility index (Phi) is 4.30. The second-order valence-electron chi connectivity index (χ2n) is 4.63. The first-order valence-electron chi connectivity index (χ1n) is 6.49. The third-order valence-corrected chi connectivity index (χ3v) is 3.31. The van der Waals surface area contributed by atoms with Gasteiger partial charge in [0.05, 0.1) is 6.54 Å². The van der Waals surface area contributed by atoms with Gasteiger partial charge in [-0.2, -0.15) is 4.98 Å². The third-order valence-electron chi connectivity index (χ3n) is 3.31. The van der Waals surface area contributed by atoms with Crippen LogP contribution in [0.15, 0.2) is 4.52 Å². The molecule has 1 aromatic heterocycles. The van der Waals surface area contributed by atoms with E-state index in [0.717, 1.165) is 32.2 Å². The molecule has 1 unspecified atom stereocenters. The first-order chi connectivity index (χ1) is 8.70. The van der Waals surface area contributed by atoms with Gasteiger partial charge in [0.15, 0.2) is 5.82 Å². The van der Waals surface area contributed by atoms with Crippen molar-refractivity contribution in [1.29, 1.82) is 0 Å². The summed E-state index contributed by atoms with van der Waals surface area (Å²) in [4.78, 5) is 17.4. The SMILES string of the molecule is CCc1noc(CN2CCCCCC2C(=O)O)n1. The van der Waals surface area contributed by atoms with Crippen molar-refractivity contribution in [3.8, 4) is 0 Å². The molecule has 2 heterocycles. The fourth-order valence-electron chi connectivity index (χ4n) is 2.31. The van der Waals surface area contributed by atoms with Crippen LogP contribution in [0.25, 0.3) is 0 Å². The fraction of sp³-hybridized carbons (Fsp3) is 0.750. The Balaban J connectivity index is 2.05. The molecule has 0 aromatic carbocycles. The molecule has 0 spiro atoms. The number of aromatic nitrogens is 2. The van der Waals surface area contributed by atoms with Crippen LogP contribution >= 0.6 is 0 Å². The van der Waals surface area contributed by atoms with Gasteiger partial charge in [0, 0.05) is 6.42 Å². The number of nitrogens with zero attached hydrogens (tertiary/aromatic N) is 3. The summed E-state index contributed by atoms with van der Waals surface area (Å²) in [5, 5.41) is 13.1. The van der Waals surface area contributed by atoms with Crippen molar-refractivity contribution in [2.24, 2.45) is 0 Å². The van der Waals surface area contributed by atoms with E-state index in [9.17, 15) is 9.90 Å². The number of hydrogen-bond acceptors (Lipinski definition) is 5. The van der Waals surface area contributed by atoms with Crippen LogP contribution in [0.5, 0.6) is 0 Å². The Labute approximate surface area is 106 Å². The molecular formula is C12H19N3O3. The predicted molar refractivity (Wildman–Crippen MR) is 64.0 cm³/mol. The van der Waals surface area contributed by atoms with Gasteiger partial charge in [-0.3, -0.25) is 9.69 Å². The van der Waals surface area contributed by atoms with E-state index in [2.05, 4.69) is 10.1 Å². The number of carbonyl (C=O) groups is 1. The topological polar surface area (TPSA) is 79.5 Å². The Morgan fingerprint density at radius 3 is 3.00 bits per heavy atom. The highest BCUT2D eigenvalue weighted by Gasteiger charge is 2.28. The summed E-state index contributed by atoms with van der Waals surface area (Å²) >= 11 is 0. The molecule has 6 nitrogen and oxygen atoms in total. The number of carboxylic acid groups (broad SMARTS) is 1. The second kappa shape index (κ2) is 5.95. The predicted octanol–water partition coefficient (Wildman–Crippen LogP) is 1.46. The van der Waals surface area contributed by atoms with Crippen LogP contribution in [0.2, 0.25) is 0 Å². The van der Waals surface area contributed by atoms with Crippen LogP contribution in [0.3, 0.4) is 0 Å². The number of rotatable bonds is 4. The van der Waals surface area contributed by atoms with E-state index in [-0.39, 0.29) is 0 Å². The molecule has 1 aromatic rings. The molecule has 6 heteroatoms. The van der Waals surface area contributed by atoms with Gasteiger partial charge in [0.25, 0.3) is 0 Å². The van der Waals surface area contributed by atoms with Crippen LogP contribution < -0.4 is 0 Å². The summed E-state index contributed by atoms with van der Waals surface area (Å²) in [6, 6.07) is -0.426.